The van der Waals surface area contributed by atoms with Crippen molar-refractivity contribution in [1.29, 1.82) is 0 Å². The van der Waals surface area contributed by atoms with Gasteiger partial charge in [0.25, 0.3) is 0 Å². The van der Waals surface area contributed by atoms with Gasteiger partial charge in [-0.15, -0.1) is 11.3 Å². The van der Waals surface area contributed by atoms with Gasteiger partial charge < -0.3 is 9.72 Å². The number of hydrogen-bond donors (Lipinski definition) is 1. The van der Waals surface area contributed by atoms with Gasteiger partial charge in [0, 0.05) is 23.5 Å². The topological polar surface area (TPSA) is 59.2 Å². The van der Waals surface area contributed by atoms with Crippen LogP contribution in [0.25, 0.3) is 10.9 Å². The van der Waals surface area contributed by atoms with Crippen molar-refractivity contribution in [2.45, 2.75) is 19.3 Å². The highest BCUT2D eigenvalue weighted by Crippen LogP contribution is 2.22. The number of carbonyl (C=O) groups is 2. The van der Waals surface area contributed by atoms with Gasteiger partial charge in [0.15, 0.2) is 6.61 Å². The molecule has 0 unspecified atom stereocenters. The Kier molecular flexibility index (Phi) is 5.48. The van der Waals surface area contributed by atoms with Gasteiger partial charge in [-0.25, -0.2) is 0 Å². The quantitative estimate of drug-likeness (QED) is 0.456. The summed E-state index contributed by atoms with van der Waals surface area (Å²) in [7, 11) is 0. The van der Waals surface area contributed by atoms with Crippen LogP contribution in [0.3, 0.4) is 0 Å². The number of fused-ring (bicyclic) bond motifs is 1. The van der Waals surface area contributed by atoms with Gasteiger partial charge in [0.2, 0.25) is 5.78 Å². The van der Waals surface area contributed by atoms with E-state index >= 15 is 0 Å². The second-order valence-corrected chi connectivity index (χ2v) is 7.86. The van der Waals surface area contributed by atoms with E-state index in [1.54, 1.807) is 12.1 Å². The first kappa shape index (κ1) is 16.9. The second kappa shape index (κ2) is 7.77. The minimum Gasteiger partial charge on any atom is -0.457 e. The molecule has 0 saturated carbocycles. The van der Waals surface area contributed by atoms with Crippen LogP contribution in [0.2, 0.25) is 0 Å². The van der Waals surface area contributed by atoms with Crippen LogP contribution in [-0.4, -0.2) is 23.3 Å². The Morgan fingerprint density at radius 3 is 2.79 bits per heavy atom. The number of ketones is 1. The molecule has 0 amide bonds. The van der Waals surface area contributed by atoms with E-state index in [0.29, 0.717) is 17.7 Å². The molecule has 2 heterocycles. The predicted molar refractivity (Wildman–Crippen MR) is 98.5 cm³/mol. The highest BCUT2D eigenvalue weighted by atomic mass is 79.9. The van der Waals surface area contributed by atoms with Crippen LogP contribution in [0.15, 0.2) is 46.4 Å². The molecule has 0 spiro atoms. The monoisotopic (exact) mass is 405 g/mol. The zero-order valence-corrected chi connectivity index (χ0v) is 15.3. The summed E-state index contributed by atoms with van der Waals surface area (Å²) in [6.07, 6.45) is 3.78. The highest BCUT2D eigenvalue weighted by molar-refractivity contribution is 9.11. The fourth-order valence-electron chi connectivity index (χ4n) is 2.52. The molecule has 0 saturated heterocycles. The van der Waals surface area contributed by atoms with Crippen LogP contribution in [0, 0.1) is 0 Å². The zero-order valence-electron chi connectivity index (χ0n) is 12.9. The van der Waals surface area contributed by atoms with Crippen molar-refractivity contribution in [1.82, 2.24) is 4.98 Å². The van der Waals surface area contributed by atoms with E-state index < -0.39 is 0 Å². The normalized spacial score (nSPS) is 10.9. The minimum atomic E-state index is -0.334. The number of thiophene rings is 1. The van der Waals surface area contributed by atoms with Crippen molar-refractivity contribution in [2.24, 2.45) is 0 Å². The first-order valence-corrected chi connectivity index (χ1v) is 9.23. The number of aromatic nitrogens is 1. The van der Waals surface area contributed by atoms with E-state index in [4.69, 9.17) is 4.74 Å². The average molecular weight is 406 g/mol. The van der Waals surface area contributed by atoms with Gasteiger partial charge in [0.1, 0.15) is 0 Å². The van der Waals surface area contributed by atoms with E-state index in [1.165, 1.54) is 22.3 Å². The van der Waals surface area contributed by atoms with Gasteiger partial charge in [-0.05, 0) is 52.5 Å². The third kappa shape index (κ3) is 4.13. The van der Waals surface area contributed by atoms with Crippen molar-refractivity contribution >= 4 is 49.9 Å². The van der Waals surface area contributed by atoms with Crippen LogP contribution < -0.4 is 0 Å². The number of halogens is 1. The first-order valence-electron chi connectivity index (χ1n) is 7.62. The zero-order chi connectivity index (χ0) is 16.9. The number of aromatic amines is 1. The third-order valence-electron chi connectivity index (χ3n) is 3.71. The molecule has 0 aliphatic heterocycles. The molecule has 3 rings (SSSR count). The smallest absolute Gasteiger partial charge is 0.306 e. The van der Waals surface area contributed by atoms with Crippen LogP contribution in [0.5, 0.6) is 0 Å². The third-order valence-corrected chi connectivity index (χ3v) is 5.38. The lowest BCUT2D eigenvalue weighted by Gasteiger charge is -2.03. The largest absolute Gasteiger partial charge is 0.457 e. The number of carbonyl (C=O) groups excluding carboxylic acids is 2. The van der Waals surface area contributed by atoms with Crippen LogP contribution >= 0.6 is 27.3 Å². The number of hydrogen-bond acceptors (Lipinski definition) is 4. The van der Waals surface area contributed by atoms with E-state index in [0.717, 1.165) is 15.7 Å². The molecule has 1 N–H and O–H groups in total. The molecule has 124 valence electrons. The highest BCUT2D eigenvalue weighted by Gasteiger charge is 2.12. The average Bonchev–Trinajstić information content (AvgIpc) is 3.19. The summed E-state index contributed by atoms with van der Waals surface area (Å²) in [4.78, 5) is 27.5. The SMILES string of the molecule is O=C(CCCc1c[nH]c2ccccc12)OCC(=O)c1ccc(Br)s1. The Morgan fingerprint density at radius 1 is 1.17 bits per heavy atom. The summed E-state index contributed by atoms with van der Waals surface area (Å²) in [5.74, 6) is -0.505. The lowest BCUT2D eigenvalue weighted by molar-refractivity contribution is -0.142. The summed E-state index contributed by atoms with van der Waals surface area (Å²) in [6, 6.07) is 11.6. The minimum absolute atomic E-state index is 0.171. The first-order chi connectivity index (χ1) is 11.6. The van der Waals surface area contributed by atoms with Gasteiger partial charge >= 0.3 is 5.97 Å². The van der Waals surface area contributed by atoms with Crippen molar-refractivity contribution < 1.29 is 14.3 Å². The molecular formula is C18H16BrNO3S. The van der Waals surface area contributed by atoms with Gasteiger partial charge in [-0.1, -0.05) is 18.2 Å². The van der Waals surface area contributed by atoms with Gasteiger partial charge in [-0.3, -0.25) is 9.59 Å². The molecule has 0 aliphatic rings. The number of para-hydroxylation sites is 1. The molecule has 4 nitrogen and oxygen atoms in total. The van der Waals surface area contributed by atoms with Crippen LogP contribution in [-0.2, 0) is 16.0 Å². The van der Waals surface area contributed by atoms with Crippen molar-refractivity contribution in [2.75, 3.05) is 6.61 Å². The molecule has 6 heteroatoms. The van der Waals surface area contributed by atoms with Crippen LogP contribution in [0.1, 0.15) is 28.1 Å². The number of aryl methyl sites for hydroxylation is 1. The summed E-state index contributed by atoms with van der Waals surface area (Å²) >= 11 is 4.64. The summed E-state index contributed by atoms with van der Waals surface area (Å²) in [5.41, 5.74) is 2.29. The standard InChI is InChI=1S/C18H16BrNO3S/c19-17-9-8-16(24-17)15(21)11-23-18(22)7-3-4-12-10-20-14-6-2-1-5-13(12)14/h1-2,5-6,8-10,20H,3-4,7,11H2. The summed E-state index contributed by atoms with van der Waals surface area (Å²) < 4.78 is 5.95. The second-order valence-electron chi connectivity index (χ2n) is 5.40. The fraction of sp³-hybridized carbons (Fsp3) is 0.222. The lowest BCUT2D eigenvalue weighted by Crippen LogP contribution is -2.13. The molecule has 24 heavy (non-hydrogen) atoms. The lowest BCUT2D eigenvalue weighted by atomic mass is 10.1. The Balaban J connectivity index is 1.43. The van der Waals surface area contributed by atoms with E-state index in [2.05, 4.69) is 27.0 Å². The Morgan fingerprint density at radius 2 is 2.00 bits per heavy atom. The van der Waals surface area contributed by atoms with Crippen molar-refractivity contribution in [3.05, 3.63) is 56.8 Å². The Hall–Kier alpha value is -1.92. The molecule has 0 atom stereocenters. The molecular weight excluding hydrogens is 390 g/mol. The number of Topliss-reactive ketones (excluding diaryl/α,β-unsaturated/α-hetero) is 1. The number of H-pyrrole nitrogens is 1. The van der Waals surface area contributed by atoms with Gasteiger partial charge in [-0.2, -0.15) is 0 Å². The van der Waals surface area contributed by atoms with Crippen molar-refractivity contribution in [3.63, 3.8) is 0 Å². The summed E-state index contributed by atoms with van der Waals surface area (Å²) in [6.45, 7) is -0.196. The number of ether oxygens (including phenoxy) is 1. The predicted octanol–water partition coefficient (Wildman–Crippen LogP) is 4.74. The molecule has 0 radical (unpaired) electrons. The molecule has 0 bridgehead atoms. The van der Waals surface area contributed by atoms with E-state index in [9.17, 15) is 9.59 Å². The van der Waals surface area contributed by atoms with Gasteiger partial charge in [0.05, 0.1) is 8.66 Å². The summed E-state index contributed by atoms with van der Waals surface area (Å²) in [5, 5.41) is 1.18. The molecule has 0 fully saturated rings. The van der Waals surface area contributed by atoms with E-state index in [-0.39, 0.29) is 18.4 Å². The maximum absolute atomic E-state index is 11.9. The molecule has 1 aromatic carbocycles. The maximum Gasteiger partial charge on any atom is 0.306 e. The van der Waals surface area contributed by atoms with E-state index in [1.807, 2.05) is 24.4 Å². The molecule has 2 aromatic heterocycles. The number of esters is 1. The fourth-order valence-corrected chi connectivity index (χ4v) is 3.83. The molecule has 0 aliphatic carbocycles. The number of benzene rings is 1. The van der Waals surface area contributed by atoms with Crippen molar-refractivity contribution in [3.8, 4) is 0 Å². The molecule has 3 aromatic rings. The Labute approximate surface area is 152 Å². The number of rotatable bonds is 7. The Bertz CT molecular complexity index is 868. The number of nitrogens with one attached hydrogen (secondary N) is 1. The maximum atomic E-state index is 11.9. The van der Waals surface area contributed by atoms with Crippen LogP contribution in [0.4, 0.5) is 0 Å².